The molecule has 1 aliphatic carbocycles. The molecule has 0 aliphatic heterocycles. The van der Waals surface area contributed by atoms with E-state index in [2.05, 4.69) is 15.7 Å². The van der Waals surface area contributed by atoms with Crippen molar-refractivity contribution in [3.63, 3.8) is 0 Å². The summed E-state index contributed by atoms with van der Waals surface area (Å²) in [6, 6.07) is 0.219. The third-order valence-electron chi connectivity index (χ3n) is 2.65. The summed E-state index contributed by atoms with van der Waals surface area (Å²) in [5, 5.41) is 9.68. The van der Waals surface area contributed by atoms with E-state index in [1.807, 2.05) is 7.05 Å². The van der Waals surface area contributed by atoms with E-state index in [0.717, 1.165) is 18.5 Å². The summed E-state index contributed by atoms with van der Waals surface area (Å²) in [5.41, 5.74) is 0.730. The molecule has 0 atom stereocenters. The van der Waals surface area contributed by atoms with Crippen LogP contribution in [0.15, 0.2) is 12.4 Å². The van der Waals surface area contributed by atoms with Gasteiger partial charge in [0.1, 0.15) is 0 Å². The summed E-state index contributed by atoms with van der Waals surface area (Å²) >= 11 is 0. The molecule has 5 nitrogen and oxygen atoms in total. The van der Waals surface area contributed by atoms with Gasteiger partial charge in [-0.05, 0) is 12.8 Å². The summed E-state index contributed by atoms with van der Waals surface area (Å²) in [4.78, 5) is 11.5. The van der Waals surface area contributed by atoms with Gasteiger partial charge in [0, 0.05) is 19.3 Å². The lowest BCUT2D eigenvalue weighted by molar-refractivity contribution is 0.248. The molecule has 0 bridgehead atoms. The van der Waals surface area contributed by atoms with Gasteiger partial charge in [0.2, 0.25) is 0 Å². The Hall–Kier alpha value is -1.52. The second-order valence-corrected chi connectivity index (χ2v) is 3.98. The number of nitrogens with one attached hydrogen (secondary N) is 2. The number of hydrogen-bond donors (Lipinski definition) is 2. The van der Waals surface area contributed by atoms with Gasteiger partial charge in [0.15, 0.2) is 0 Å². The SMILES string of the molecule is Cn1cc(NC(=O)NC2CCCC2)cn1. The first kappa shape index (κ1) is 10.0. The van der Waals surface area contributed by atoms with Crippen molar-refractivity contribution in [3.05, 3.63) is 12.4 Å². The number of aromatic nitrogens is 2. The molecule has 0 radical (unpaired) electrons. The van der Waals surface area contributed by atoms with Crippen LogP contribution in [0.2, 0.25) is 0 Å². The van der Waals surface area contributed by atoms with Crippen LogP contribution in [0, 0.1) is 0 Å². The molecule has 1 aromatic heterocycles. The van der Waals surface area contributed by atoms with Crippen molar-refractivity contribution >= 4 is 11.7 Å². The first-order valence-electron chi connectivity index (χ1n) is 5.30. The molecule has 2 amide bonds. The van der Waals surface area contributed by atoms with E-state index < -0.39 is 0 Å². The van der Waals surface area contributed by atoms with Crippen LogP contribution < -0.4 is 10.6 Å². The van der Waals surface area contributed by atoms with Gasteiger partial charge in [-0.15, -0.1) is 0 Å². The standard InChI is InChI=1S/C10H16N4O/c1-14-7-9(6-11-14)13-10(15)12-8-4-2-3-5-8/h6-8H,2-5H2,1H3,(H2,12,13,15). The van der Waals surface area contributed by atoms with Crippen molar-refractivity contribution in [1.29, 1.82) is 0 Å². The van der Waals surface area contributed by atoms with E-state index in [1.54, 1.807) is 17.1 Å². The Labute approximate surface area is 88.8 Å². The zero-order valence-corrected chi connectivity index (χ0v) is 8.86. The van der Waals surface area contributed by atoms with E-state index in [4.69, 9.17) is 0 Å². The van der Waals surface area contributed by atoms with E-state index >= 15 is 0 Å². The van der Waals surface area contributed by atoms with Crippen molar-refractivity contribution in [2.24, 2.45) is 7.05 Å². The lowest BCUT2D eigenvalue weighted by Crippen LogP contribution is -2.36. The molecule has 2 N–H and O–H groups in total. The fourth-order valence-corrected chi connectivity index (χ4v) is 1.91. The van der Waals surface area contributed by atoms with Crippen molar-refractivity contribution in [1.82, 2.24) is 15.1 Å². The molecule has 0 unspecified atom stereocenters. The van der Waals surface area contributed by atoms with Crippen LogP contribution in [0.4, 0.5) is 10.5 Å². The summed E-state index contributed by atoms with van der Waals surface area (Å²) in [5.74, 6) is 0. The number of hydrogen-bond acceptors (Lipinski definition) is 2. The third-order valence-corrected chi connectivity index (χ3v) is 2.65. The van der Waals surface area contributed by atoms with Crippen LogP contribution in [0.25, 0.3) is 0 Å². The molecular weight excluding hydrogens is 192 g/mol. The second-order valence-electron chi connectivity index (χ2n) is 3.98. The molecule has 0 aromatic carbocycles. The number of carbonyl (C=O) groups excluding carboxylic acids is 1. The van der Waals surface area contributed by atoms with Crippen LogP contribution >= 0.6 is 0 Å². The van der Waals surface area contributed by atoms with Gasteiger partial charge in [0.05, 0.1) is 11.9 Å². The van der Waals surface area contributed by atoms with Gasteiger partial charge in [-0.1, -0.05) is 12.8 Å². The molecule has 1 aliphatic rings. The molecule has 82 valence electrons. The summed E-state index contributed by atoms with van der Waals surface area (Å²) in [6.07, 6.45) is 8.04. The largest absolute Gasteiger partial charge is 0.335 e. The molecule has 0 saturated heterocycles. The molecular formula is C10H16N4O. The monoisotopic (exact) mass is 208 g/mol. The molecule has 1 heterocycles. The molecule has 5 heteroatoms. The highest BCUT2D eigenvalue weighted by Gasteiger charge is 2.16. The van der Waals surface area contributed by atoms with Gasteiger partial charge < -0.3 is 10.6 Å². The highest BCUT2D eigenvalue weighted by Crippen LogP contribution is 2.17. The normalized spacial score (nSPS) is 16.6. The molecule has 2 rings (SSSR count). The first-order valence-corrected chi connectivity index (χ1v) is 5.30. The van der Waals surface area contributed by atoms with Crippen LogP contribution in [0.1, 0.15) is 25.7 Å². The lowest BCUT2D eigenvalue weighted by atomic mass is 10.2. The summed E-state index contributed by atoms with van der Waals surface area (Å²) < 4.78 is 1.66. The Bertz CT molecular complexity index is 341. The maximum absolute atomic E-state index is 11.5. The zero-order valence-electron chi connectivity index (χ0n) is 8.86. The number of anilines is 1. The van der Waals surface area contributed by atoms with Gasteiger partial charge in [-0.25, -0.2) is 4.79 Å². The fourth-order valence-electron chi connectivity index (χ4n) is 1.91. The zero-order chi connectivity index (χ0) is 10.7. The van der Waals surface area contributed by atoms with Crippen LogP contribution in [0.5, 0.6) is 0 Å². The molecule has 1 fully saturated rings. The van der Waals surface area contributed by atoms with Crippen LogP contribution in [-0.4, -0.2) is 21.9 Å². The number of rotatable bonds is 2. The Kier molecular flexibility index (Phi) is 2.89. The maximum Gasteiger partial charge on any atom is 0.319 e. The second kappa shape index (κ2) is 4.33. The molecule has 1 aromatic rings. The average Bonchev–Trinajstić information content (AvgIpc) is 2.77. The third kappa shape index (κ3) is 2.71. The number of amides is 2. The van der Waals surface area contributed by atoms with Gasteiger partial charge in [-0.3, -0.25) is 4.68 Å². The number of aryl methyl sites for hydroxylation is 1. The van der Waals surface area contributed by atoms with Crippen LogP contribution in [-0.2, 0) is 7.05 Å². The van der Waals surface area contributed by atoms with Crippen molar-refractivity contribution < 1.29 is 4.79 Å². The number of nitrogens with zero attached hydrogens (tertiary/aromatic N) is 2. The van der Waals surface area contributed by atoms with Crippen molar-refractivity contribution in [2.45, 2.75) is 31.7 Å². The van der Waals surface area contributed by atoms with Gasteiger partial charge >= 0.3 is 6.03 Å². The van der Waals surface area contributed by atoms with Crippen LogP contribution in [0.3, 0.4) is 0 Å². The maximum atomic E-state index is 11.5. The predicted octanol–water partition coefficient (Wildman–Crippen LogP) is 1.48. The first-order chi connectivity index (χ1) is 7.24. The van der Waals surface area contributed by atoms with E-state index in [1.165, 1.54) is 12.8 Å². The molecule has 15 heavy (non-hydrogen) atoms. The highest BCUT2D eigenvalue weighted by atomic mass is 16.2. The van der Waals surface area contributed by atoms with E-state index in [9.17, 15) is 4.79 Å². The predicted molar refractivity (Wildman–Crippen MR) is 57.6 cm³/mol. The molecule has 0 spiro atoms. The average molecular weight is 208 g/mol. The fraction of sp³-hybridized carbons (Fsp3) is 0.600. The van der Waals surface area contributed by atoms with E-state index in [-0.39, 0.29) is 6.03 Å². The number of carbonyl (C=O) groups is 1. The Morgan fingerprint density at radius 3 is 2.87 bits per heavy atom. The topological polar surface area (TPSA) is 59.0 Å². The Morgan fingerprint density at radius 2 is 2.27 bits per heavy atom. The number of urea groups is 1. The van der Waals surface area contributed by atoms with Gasteiger partial charge in [-0.2, -0.15) is 5.10 Å². The minimum absolute atomic E-state index is 0.130. The van der Waals surface area contributed by atoms with Crippen molar-refractivity contribution in [2.75, 3.05) is 5.32 Å². The van der Waals surface area contributed by atoms with E-state index in [0.29, 0.717) is 6.04 Å². The summed E-state index contributed by atoms with van der Waals surface area (Å²) in [6.45, 7) is 0. The lowest BCUT2D eigenvalue weighted by Gasteiger charge is -2.11. The molecule has 1 saturated carbocycles. The Balaban J connectivity index is 1.81. The smallest absolute Gasteiger partial charge is 0.319 e. The van der Waals surface area contributed by atoms with Crippen molar-refractivity contribution in [3.8, 4) is 0 Å². The minimum Gasteiger partial charge on any atom is -0.335 e. The highest BCUT2D eigenvalue weighted by molar-refractivity contribution is 5.89. The Morgan fingerprint density at radius 1 is 1.53 bits per heavy atom. The van der Waals surface area contributed by atoms with Gasteiger partial charge in [0.25, 0.3) is 0 Å². The summed E-state index contributed by atoms with van der Waals surface area (Å²) in [7, 11) is 1.82. The quantitative estimate of drug-likeness (QED) is 0.773. The minimum atomic E-state index is -0.130.